The Labute approximate surface area is 141 Å². The lowest BCUT2D eigenvalue weighted by Crippen LogP contribution is -2.48. The van der Waals surface area contributed by atoms with Gasteiger partial charge >= 0.3 is 0 Å². The number of hydrogen-bond donors (Lipinski definition) is 1. The molecule has 6 heteroatoms. The van der Waals surface area contributed by atoms with E-state index in [4.69, 9.17) is 9.26 Å². The molecule has 1 atom stereocenters. The van der Waals surface area contributed by atoms with Crippen molar-refractivity contribution in [3.8, 4) is 0 Å². The molecule has 1 aliphatic heterocycles. The number of benzene rings is 1. The molecule has 0 radical (unpaired) electrons. The molecule has 24 heavy (non-hydrogen) atoms. The molecule has 1 aromatic heterocycles. The second-order valence-electron chi connectivity index (χ2n) is 5.93. The van der Waals surface area contributed by atoms with E-state index in [1.54, 1.807) is 13.2 Å². The van der Waals surface area contributed by atoms with Crippen LogP contribution in [-0.4, -0.2) is 42.7 Å². The van der Waals surface area contributed by atoms with Gasteiger partial charge in [-0.1, -0.05) is 36.3 Å². The van der Waals surface area contributed by atoms with E-state index in [0.29, 0.717) is 24.6 Å². The number of rotatable bonds is 5. The van der Waals surface area contributed by atoms with E-state index in [9.17, 15) is 4.79 Å². The molecule has 1 amide bonds. The van der Waals surface area contributed by atoms with Crippen molar-refractivity contribution in [1.29, 1.82) is 0 Å². The van der Waals surface area contributed by atoms with Crippen molar-refractivity contribution in [1.82, 2.24) is 15.4 Å². The summed E-state index contributed by atoms with van der Waals surface area (Å²) in [7, 11) is 1.58. The minimum absolute atomic E-state index is 0.000249. The topological polar surface area (TPSA) is 67.6 Å². The molecular formula is C18H23N3O3. The van der Waals surface area contributed by atoms with Gasteiger partial charge in [0.1, 0.15) is 6.61 Å². The number of aromatic nitrogens is 1. The highest BCUT2D eigenvalue weighted by Crippen LogP contribution is 2.24. The molecule has 1 aliphatic rings. The molecule has 0 aliphatic carbocycles. The number of nitrogens with zero attached hydrogens (tertiary/aromatic N) is 2. The van der Waals surface area contributed by atoms with Crippen molar-refractivity contribution in [2.75, 3.05) is 26.7 Å². The molecule has 0 saturated carbocycles. The van der Waals surface area contributed by atoms with E-state index in [1.807, 2.05) is 4.90 Å². The Kier molecular flexibility index (Phi) is 5.27. The van der Waals surface area contributed by atoms with E-state index >= 15 is 0 Å². The van der Waals surface area contributed by atoms with Crippen LogP contribution in [0.1, 0.15) is 40.3 Å². The van der Waals surface area contributed by atoms with Crippen LogP contribution in [0.3, 0.4) is 0 Å². The highest BCUT2D eigenvalue weighted by atomic mass is 16.5. The van der Waals surface area contributed by atoms with Crippen LogP contribution in [0.25, 0.3) is 0 Å². The van der Waals surface area contributed by atoms with Crippen molar-refractivity contribution in [2.45, 2.75) is 26.0 Å². The minimum Gasteiger partial charge on any atom is -0.377 e. The molecule has 0 bridgehead atoms. The van der Waals surface area contributed by atoms with E-state index in [2.05, 4.69) is 41.7 Å². The van der Waals surface area contributed by atoms with Crippen LogP contribution in [0.2, 0.25) is 0 Å². The molecule has 3 rings (SSSR count). The molecule has 128 valence electrons. The van der Waals surface area contributed by atoms with Crippen LogP contribution in [0, 0.1) is 0 Å². The number of ether oxygens (including phenoxy) is 1. The monoisotopic (exact) mass is 329 g/mol. The van der Waals surface area contributed by atoms with Crippen LogP contribution in [0.5, 0.6) is 0 Å². The second-order valence-corrected chi connectivity index (χ2v) is 5.93. The van der Waals surface area contributed by atoms with E-state index in [-0.39, 0.29) is 11.9 Å². The van der Waals surface area contributed by atoms with Gasteiger partial charge in [0.15, 0.2) is 11.5 Å². The van der Waals surface area contributed by atoms with Gasteiger partial charge in [-0.2, -0.15) is 0 Å². The summed E-state index contributed by atoms with van der Waals surface area (Å²) in [6.07, 6.45) is 1.01. The number of piperazine rings is 1. The predicted octanol–water partition coefficient (Wildman–Crippen LogP) is 2.17. The van der Waals surface area contributed by atoms with Crippen LogP contribution in [0.15, 0.2) is 34.9 Å². The van der Waals surface area contributed by atoms with Crippen LogP contribution in [0.4, 0.5) is 0 Å². The van der Waals surface area contributed by atoms with Crippen LogP contribution < -0.4 is 5.32 Å². The summed E-state index contributed by atoms with van der Waals surface area (Å²) in [5, 5.41) is 7.26. The van der Waals surface area contributed by atoms with Gasteiger partial charge in [-0.05, 0) is 17.5 Å². The van der Waals surface area contributed by atoms with E-state index in [1.165, 1.54) is 5.56 Å². The Balaban J connectivity index is 1.81. The smallest absolute Gasteiger partial charge is 0.276 e. The van der Waals surface area contributed by atoms with Crippen molar-refractivity contribution >= 4 is 5.91 Å². The van der Waals surface area contributed by atoms with Gasteiger partial charge in [-0.25, -0.2) is 0 Å². The standard InChI is InChI=1S/C18H23N3O3/c1-3-13-4-6-14(7-5-13)17-11-19-8-9-21(17)18(22)16-10-15(12-23-2)24-20-16/h4-7,10,17,19H,3,8-9,11-12H2,1-2H3. The summed E-state index contributed by atoms with van der Waals surface area (Å²) >= 11 is 0. The molecule has 1 N–H and O–H groups in total. The third-order valence-electron chi connectivity index (χ3n) is 4.34. The van der Waals surface area contributed by atoms with Crippen molar-refractivity contribution < 1.29 is 14.1 Å². The predicted molar refractivity (Wildman–Crippen MR) is 89.7 cm³/mol. The van der Waals surface area contributed by atoms with E-state index < -0.39 is 0 Å². The lowest BCUT2D eigenvalue weighted by molar-refractivity contribution is 0.0623. The lowest BCUT2D eigenvalue weighted by Gasteiger charge is -2.36. The Morgan fingerprint density at radius 3 is 2.92 bits per heavy atom. The zero-order chi connectivity index (χ0) is 16.9. The lowest BCUT2D eigenvalue weighted by atomic mass is 10.0. The maximum absolute atomic E-state index is 12.9. The van der Waals surface area contributed by atoms with Crippen LogP contribution in [-0.2, 0) is 17.8 Å². The van der Waals surface area contributed by atoms with Gasteiger partial charge < -0.3 is 19.5 Å². The Morgan fingerprint density at radius 1 is 1.42 bits per heavy atom. The van der Waals surface area contributed by atoms with Crippen molar-refractivity contribution in [2.24, 2.45) is 0 Å². The number of amides is 1. The first-order chi connectivity index (χ1) is 11.7. The van der Waals surface area contributed by atoms with Gasteiger partial charge in [0.05, 0.1) is 6.04 Å². The first-order valence-electron chi connectivity index (χ1n) is 8.28. The second kappa shape index (κ2) is 7.59. The molecule has 0 spiro atoms. The normalized spacial score (nSPS) is 17.9. The molecular weight excluding hydrogens is 306 g/mol. The molecule has 1 aromatic carbocycles. The maximum atomic E-state index is 12.9. The third-order valence-corrected chi connectivity index (χ3v) is 4.34. The molecule has 1 saturated heterocycles. The molecule has 1 unspecified atom stereocenters. The highest BCUT2D eigenvalue weighted by Gasteiger charge is 2.30. The van der Waals surface area contributed by atoms with Crippen LogP contribution >= 0.6 is 0 Å². The fraction of sp³-hybridized carbons (Fsp3) is 0.444. The Bertz CT molecular complexity index is 681. The molecule has 1 fully saturated rings. The number of carbonyl (C=O) groups excluding carboxylic acids is 1. The average Bonchev–Trinajstić information content (AvgIpc) is 3.10. The summed E-state index contributed by atoms with van der Waals surface area (Å²) in [6.45, 7) is 4.60. The fourth-order valence-electron chi connectivity index (χ4n) is 2.99. The Morgan fingerprint density at radius 2 is 2.21 bits per heavy atom. The Hall–Kier alpha value is -2.18. The van der Waals surface area contributed by atoms with Gasteiger partial charge in [0, 0.05) is 32.8 Å². The zero-order valence-corrected chi connectivity index (χ0v) is 14.1. The number of carbonyl (C=O) groups is 1. The van der Waals surface area contributed by atoms with Gasteiger partial charge in [0.2, 0.25) is 0 Å². The maximum Gasteiger partial charge on any atom is 0.276 e. The number of hydrogen-bond acceptors (Lipinski definition) is 5. The SMILES string of the molecule is CCc1ccc(C2CNCCN2C(=O)c2cc(COC)on2)cc1. The summed E-state index contributed by atoms with van der Waals surface area (Å²) < 4.78 is 10.2. The summed E-state index contributed by atoms with van der Waals surface area (Å²) in [5.41, 5.74) is 2.76. The molecule has 2 aromatic rings. The third kappa shape index (κ3) is 3.49. The number of nitrogens with one attached hydrogen (secondary N) is 1. The first-order valence-corrected chi connectivity index (χ1v) is 8.28. The molecule has 6 nitrogen and oxygen atoms in total. The average molecular weight is 329 g/mol. The van der Waals surface area contributed by atoms with Gasteiger partial charge in [0.25, 0.3) is 5.91 Å². The van der Waals surface area contributed by atoms with Gasteiger partial charge in [-0.3, -0.25) is 4.79 Å². The zero-order valence-electron chi connectivity index (χ0n) is 14.1. The number of aryl methyl sites for hydroxylation is 1. The first kappa shape index (κ1) is 16.7. The minimum atomic E-state index is -0.104. The van der Waals surface area contributed by atoms with Crippen molar-refractivity contribution in [3.05, 3.63) is 52.9 Å². The summed E-state index contributed by atoms with van der Waals surface area (Å²) in [6, 6.07) is 10.1. The highest BCUT2D eigenvalue weighted by molar-refractivity contribution is 5.92. The van der Waals surface area contributed by atoms with Crippen molar-refractivity contribution in [3.63, 3.8) is 0 Å². The fourth-order valence-corrected chi connectivity index (χ4v) is 2.99. The summed E-state index contributed by atoms with van der Waals surface area (Å²) in [4.78, 5) is 14.7. The van der Waals surface area contributed by atoms with E-state index in [0.717, 1.165) is 25.1 Å². The summed E-state index contributed by atoms with van der Waals surface area (Å²) in [5.74, 6) is 0.451. The quantitative estimate of drug-likeness (QED) is 0.910. The van der Waals surface area contributed by atoms with Gasteiger partial charge in [-0.15, -0.1) is 0 Å². The largest absolute Gasteiger partial charge is 0.377 e. The number of methoxy groups -OCH3 is 1. The molecule has 2 heterocycles.